The summed E-state index contributed by atoms with van der Waals surface area (Å²) in [6.07, 6.45) is 0. The highest BCUT2D eigenvalue weighted by Gasteiger charge is 2.17. The molecule has 3 nitrogen and oxygen atoms in total. The zero-order valence-electron chi connectivity index (χ0n) is 9.50. The van der Waals surface area contributed by atoms with Gasteiger partial charge in [0.15, 0.2) is 5.78 Å². The van der Waals surface area contributed by atoms with Gasteiger partial charge in [0.2, 0.25) is 0 Å². The fourth-order valence-electron chi connectivity index (χ4n) is 1.38. The molecule has 1 unspecified atom stereocenters. The fourth-order valence-corrected chi connectivity index (χ4v) is 1.87. The summed E-state index contributed by atoms with van der Waals surface area (Å²) < 4.78 is 4.65. The van der Waals surface area contributed by atoms with Crippen LogP contribution in [0.3, 0.4) is 0 Å². The molecule has 0 amide bonds. The Morgan fingerprint density at radius 3 is 2.59 bits per heavy atom. The fraction of sp³-hybridized carbons (Fsp3) is 0.333. The summed E-state index contributed by atoms with van der Waals surface area (Å²) in [5.41, 5.74) is 1.45. The maximum absolute atomic E-state index is 11.8. The molecule has 0 aliphatic carbocycles. The first-order valence-corrected chi connectivity index (χ1v) is 6.41. The Balaban J connectivity index is 3.22. The minimum Gasteiger partial charge on any atom is -0.465 e. The Labute approximate surface area is 113 Å². The summed E-state index contributed by atoms with van der Waals surface area (Å²) in [5.74, 6) is -0.378. The number of rotatable bonds is 4. The smallest absolute Gasteiger partial charge is 0.338 e. The molecule has 92 valence electrons. The van der Waals surface area contributed by atoms with Gasteiger partial charge in [-0.2, -0.15) is 0 Å². The summed E-state index contributed by atoms with van der Waals surface area (Å²) in [7, 11) is 1.29. The maximum atomic E-state index is 11.8. The zero-order chi connectivity index (χ0) is 13.0. The molecule has 1 aromatic rings. The average molecular weight is 320 g/mol. The lowest BCUT2D eigenvalue weighted by atomic mass is 10.0. The van der Waals surface area contributed by atoms with Crippen LogP contribution in [0.2, 0.25) is 0 Å². The number of benzene rings is 1. The Kier molecular flexibility index (Phi) is 5.15. The van der Waals surface area contributed by atoms with Crippen molar-refractivity contribution in [3.05, 3.63) is 34.9 Å². The van der Waals surface area contributed by atoms with E-state index in [0.717, 1.165) is 0 Å². The predicted molar refractivity (Wildman–Crippen MR) is 70.1 cm³/mol. The number of halogens is 2. The van der Waals surface area contributed by atoms with Crippen molar-refractivity contribution in [2.75, 3.05) is 7.11 Å². The van der Waals surface area contributed by atoms with Crippen molar-refractivity contribution in [3.63, 3.8) is 0 Å². The Bertz CT molecular complexity index is 443. The van der Waals surface area contributed by atoms with Crippen LogP contribution in [0.1, 0.15) is 33.2 Å². The first-order chi connectivity index (χ1) is 8.01. The van der Waals surface area contributed by atoms with Gasteiger partial charge in [0.05, 0.1) is 17.5 Å². The molecule has 0 aromatic heterocycles. The second-order valence-corrected chi connectivity index (χ2v) is 5.12. The van der Waals surface area contributed by atoms with E-state index in [1.165, 1.54) is 13.2 Å². The van der Waals surface area contributed by atoms with Gasteiger partial charge >= 0.3 is 5.97 Å². The Morgan fingerprint density at radius 2 is 2.12 bits per heavy atom. The standard InChI is InChI=1S/C12H12BrClO3/c1-7(13)11(15)8-3-4-9(6-14)10(5-8)12(16)17-2/h3-5,7H,6H2,1-2H3. The molecule has 0 radical (unpaired) electrons. The van der Waals surface area contributed by atoms with Crippen molar-refractivity contribution in [2.45, 2.75) is 17.6 Å². The molecule has 17 heavy (non-hydrogen) atoms. The van der Waals surface area contributed by atoms with Crippen molar-refractivity contribution in [3.8, 4) is 0 Å². The SMILES string of the molecule is COC(=O)c1cc(C(=O)C(C)Br)ccc1CCl. The minimum absolute atomic E-state index is 0.0868. The lowest BCUT2D eigenvalue weighted by Gasteiger charge is -2.08. The van der Waals surface area contributed by atoms with E-state index in [0.29, 0.717) is 16.7 Å². The van der Waals surface area contributed by atoms with Gasteiger partial charge in [-0.25, -0.2) is 4.79 Å². The largest absolute Gasteiger partial charge is 0.465 e. The molecule has 0 saturated carbocycles. The number of carbonyl (C=O) groups excluding carboxylic acids is 2. The van der Waals surface area contributed by atoms with E-state index in [2.05, 4.69) is 20.7 Å². The first kappa shape index (κ1) is 14.2. The molecule has 0 aliphatic heterocycles. The number of hydrogen-bond donors (Lipinski definition) is 0. The molecule has 0 aliphatic rings. The molecule has 1 rings (SSSR count). The molecule has 0 saturated heterocycles. The third kappa shape index (κ3) is 3.30. The molecule has 0 heterocycles. The van der Waals surface area contributed by atoms with Crippen LogP contribution in [-0.2, 0) is 10.6 Å². The third-order valence-corrected chi connectivity index (χ3v) is 3.01. The minimum atomic E-state index is -0.488. The summed E-state index contributed by atoms with van der Waals surface area (Å²) >= 11 is 8.92. The van der Waals surface area contributed by atoms with E-state index in [1.54, 1.807) is 19.1 Å². The van der Waals surface area contributed by atoms with Gasteiger partial charge in [-0.3, -0.25) is 4.79 Å². The number of methoxy groups -OCH3 is 1. The number of ketones is 1. The Hall–Kier alpha value is -0.870. The van der Waals surface area contributed by atoms with Crippen molar-refractivity contribution >= 4 is 39.3 Å². The number of esters is 1. The molecule has 0 spiro atoms. The first-order valence-electron chi connectivity index (χ1n) is 4.96. The number of alkyl halides is 2. The summed E-state index contributed by atoms with van der Waals surface area (Å²) in [6, 6.07) is 4.84. The molecule has 0 fully saturated rings. The van der Waals surface area contributed by atoms with Gasteiger partial charge in [-0.05, 0) is 18.6 Å². The number of ether oxygens (including phenoxy) is 1. The molecule has 0 N–H and O–H groups in total. The lowest BCUT2D eigenvalue weighted by molar-refractivity contribution is 0.0600. The summed E-state index contributed by atoms with van der Waals surface area (Å²) in [6.45, 7) is 1.73. The van der Waals surface area contributed by atoms with Crippen molar-refractivity contribution in [1.82, 2.24) is 0 Å². The molecular weight excluding hydrogens is 307 g/mol. The van der Waals surface area contributed by atoms with Crippen molar-refractivity contribution in [2.24, 2.45) is 0 Å². The van der Waals surface area contributed by atoms with E-state index in [1.807, 2.05) is 0 Å². The molecule has 5 heteroatoms. The van der Waals surface area contributed by atoms with Gasteiger partial charge in [0.25, 0.3) is 0 Å². The van der Waals surface area contributed by atoms with E-state index in [-0.39, 0.29) is 16.5 Å². The van der Waals surface area contributed by atoms with Crippen LogP contribution in [-0.4, -0.2) is 23.7 Å². The second-order valence-electron chi connectivity index (χ2n) is 3.48. The maximum Gasteiger partial charge on any atom is 0.338 e. The predicted octanol–water partition coefficient (Wildman–Crippen LogP) is 3.18. The number of Topliss-reactive ketones (excluding diaryl/α,β-unsaturated/α-hetero) is 1. The van der Waals surface area contributed by atoms with Gasteiger partial charge in [-0.1, -0.05) is 28.1 Å². The van der Waals surface area contributed by atoms with Gasteiger partial charge < -0.3 is 4.74 Å². The highest BCUT2D eigenvalue weighted by Crippen LogP contribution is 2.18. The van der Waals surface area contributed by atoms with Gasteiger partial charge in [0, 0.05) is 11.4 Å². The molecular formula is C12H12BrClO3. The summed E-state index contributed by atoms with van der Waals surface area (Å²) in [5, 5.41) is 0. The van der Waals surface area contributed by atoms with Crippen LogP contribution in [0.15, 0.2) is 18.2 Å². The van der Waals surface area contributed by atoms with Crippen molar-refractivity contribution < 1.29 is 14.3 Å². The summed E-state index contributed by atoms with van der Waals surface area (Å²) in [4.78, 5) is 23.0. The zero-order valence-corrected chi connectivity index (χ0v) is 11.8. The quantitative estimate of drug-likeness (QED) is 0.486. The van der Waals surface area contributed by atoms with E-state index in [4.69, 9.17) is 11.6 Å². The lowest BCUT2D eigenvalue weighted by Crippen LogP contribution is -2.13. The molecule has 1 aromatic carbocycles. The van der Waals surface area contributed by atoms with E-state index in [9.17, 15) is 9.59 Å². The van der Waals surface area contributed by atoms with Crippen LogP contribution in [0.5, 0.6) is 0 Å². The third-order valence-electron chi connectivity index (χ3n) is 2.30. The average Bonchev–Trinajstić information content (AvgIpc) is 2.35. The molecule has 1 atom stereocenters. The van der Waals surface area contributed by atoms with E-state index < -0.39 is 5.97 Å². The van der Waals surface area contributed by atoms with Crippen LogP contribution in [0, 0.1) is 0 Å². The van der Waals surface area contributed by atoms with Crippen LogP contribution in [0.4, 0.5) is 0 Å². The Morgan fingerprint density at radius 1 is 1.47 bits per heavy atom. The van der Waals surface area contributed by atoms with Gasteiger partial charge in [0.1, 0.15) is 0 Å². The van der Waals surface area contributed by atoms with Gasteiger partial charge in [-0.15, -0.1) is 11.6 Å². The normalized spacial score (nSPS) is 12.0. The monoisotopic (exact) mass is 318 g/mol. The highest BCUT2D eigenvalue weighted by molar-refractivity contribution is 9.10. The number of hydrogen-bond acceptors (Lipinski definition) is 3. The van der Waals surface area contributed by atoms with Crippen LogP contribution in [0.25, 0.3) is 0 Å². The van der Waals surface area contributed by atoms with Crippen LogP contribution >= 0.6 is 27.5 Å². The van der Waals surface area contributed by atoms with Crippen molar-refractivity contribution in [1.29, 1.82) is 0 Å². The molecule has 0 bridgehead atoms. The van der Waals surface area contributed by atoms with Crippen LogP contribution < -0.4 is 0 Å². The van der Waals surface area contributed by atoms with E-state index >= 15 is 0 Å². The number of carbonyl (C=O) groups is 2. The highest BCUT2D eigenvalue weighted by atomic mass is 79.9. The second kappa shape index (κ2) is 6.17. The topological polar surface area (TPSA) is 43.4 Å².